The van der Waals surface area contributed by atoms with Crippen molar-refractivity contribution in [3.05, 3.63) is 48.1 Å². The minimum Gasteiger partial charge on any atom is -0.445 e. The molecule has 3 rings (SSSR count). The fraction of sp³-hybridized carbons (Fsp3) is 0.400. The number of amides is 1. The van der Waals surface area contributed by atoms with Gasteiger partial charge in [-0.05, 0) is 18.4 Å². The highest BCUT2D eigenvalue weighted by molar-refractivity contribution is 5.67. The predicted octanol–water partition coefficient (Wildman–Crippen LogP) is 2.59. The van der Waals surface area contributed by atoms with Crippen LogP contribution in [0.2, 0.25) is 0 Å². The van der Waals surface area contributed by atoms with E-state index in [1.54, 1.807) is 4.90 Å². The summed E-state index contributed by atoms with van der Waals surface area (Å²) in [6.45, 7) is 1.63. The van der Waals surface area contributed by atoms with E-state index in [0.717, 1.165) is 24.2 Å². The van der Waals surface area contributed by atoms with Crippen LogP contribution >= 0.6 is 0 Å². The van der Waals surface area contributed by atoms with E-state index in [-0.39, 0.29) is 12.0 Å². The van der Waals surface area contributed by atoms with Gasteiger partial charge in [0.2, 0.25) is 6.39 Å². The van der Waals surface area contributed by atoms with Crippen LogP contribution in [0.3, 0.4) is 0 Å². The predicted molar refractivity (Wildman–Crippen MR) is 74.5 cm³/mol. The lowest BCUT2D eigenvalue weighted by molar-refractivity contribution is 0.0865. The monoisotopic (exact) mass is 287 g/mol. The van der Waals surface area contributed by atoms with E-state index in [0.29, 0.717) is 19.7 Å². The van der Waals surface area contributed by atoms with Crippen LogP contribution in [0.5, 0.6) is 0 Å². The van der Waals surface area contributed by atoms with E-state index >= 15 is 0 Å². The molecular formula is C15H17N3O3. The Hall–Kier alpha value is -2.37. The van der Waals surface area contributed by atoms with Gasteiger partial charge in [-0.3, -0.25) is 0 Å². The van der Waals surface area contributed by atoms with Crippen LogP contribution in [0.25, 0.3) is 0 Å². The number of likely N-dealkylation sites (tertiary alicyclic amines) is 1. The van der Waals surface area contributed by atoms with Gasteiger partial charge in [0.25, 0.3) is 0 Å². The van der Waals surface area contributed by atoms with Crippen molar-refractivity contribution in [2.75, 3.05) is 13.1 Å². The molecule has 0 saturated carbocycles. The zero-order valence-electron chi connectivity index (χ0n) is 11.6. The Balaban J connectivity index is 1.47. The Kier molecular flexibility index (Phi) is 4.14. The van der Waals surface area contributed by atoms with E-state index in [4.69, 9.17) is 9.26 Å². The summed E-state index contributed by atoms with van der Waals surface area (Å²) in [4.78, 5) is 17.8. The number of ether oxygens (including phenoxy) is 1. The first-order chi connectivity index (χ1) is 10.3. The summed E-state index contributed by atoms with van der Waals surface area (Å²) < 4.78 is 10.1. The number of hydrogen-bond donors (Lipinski definition) is 0. The Morgan fingerprint density at radius 1 is 1.29 bits per heavy atom. The fourth-order valence-electron chi connectivity index (χ4n) is 2.49. The molecule has 0 aliphatic carbocycles. The molecule has 110 valence electrons. The molecule has 0 bridgehead atoms. The summed E-state index contributed by atoms with van der Waals surface area (Å²) >= 11 is 0. The normalized spacial score (nSPS) is 15.9. The van der Waals surface area contributed by atoms with Crippen LogP contribution in [0.4, 0.5) is 4.79 Å². The summed E-state index contributed by atoms with van der Waals surface area (Å²) in [5.74, 6) is 0.995. The third-order valence-electron chi connectivity index (χ3n) is 3.70. The fourth-order valence-corrected chi connectivity index (χ4v) is 2.49. The summed E-state index contributed by atoms with van der Waals surface area (Å²) in [7, 11) is 0. The van der Waals surface area contributed by atoms with Gasteiger partial charge in [0, 0.05) is 19.0 Å². The topological polar surface area (TPSA) is 68.5 Å². The van der Waals surface area contributed by atoms with E-state index in [9.17, 15) is 4.79 Å². The van der Waals surface area contributed by atoms with Crippen molar-refractivity contribution in [3.63, 3.8) is 0 Å². The molecule has 0 N–H and O–H groups in total. The Labute approximate surface area is 122 Å². The van der Waals surface area contributed by atoms with Gasteiger partial charge < -0.3 is 14.2 Å². The molecule has 0 radical (unpaired) electrons. The van der Waals surface area contributed by atoms with Gasteiger partial charge in [0.1, 0.15) is 6.61 Å². The number of piperidine rings is 1. The first-order valence-electron chi connectivity index (χ1n) is 7.05. The molecule has 2 heterocycles. The van der Waals surface area contributed by atoms with E-state index in [1.165, 1.54) is 6.39 Å². The second-order valence-electron chi connectivity index (χ2n) is 5.09. The van der Waals surface area contributed by atoms with Gasteiger partial charge in [-0.25, -0.2) is 4.79 Å². The molecule has 1 aromatic carbocycles. The first-order valence-corrected chi connectivity index (χ1v) is 7.05. The molecule has 1 saturated heterocycles. The number of carbonyl (C=O) groups is 1. The average molecular weight is 287 g/mol. The van der Waals surface area contributed by atoms with Crippen molar-refractivity contribution in [1.29, 1.82) is 0 Å². The maximum absolute atomic E-state index is 12.0. The van der Waals surface area contributed by atoms with Gasteiger partial charge in [-0.2, -0.15) is 4.98 Å². The van der Waals surface area contributed by atoms with Crippen molar-refractivity contribution >= 4 is 6.09 Å². The van der Waals surface area contributed by atoms with Crippen molar-refractivity contribution in [2.45, 2.75) is 25.4 Å². The van der Waals surface area contributed by atoms with Crippen LogP contribution in [0, 0.1) is 0 Å². The van der Waals surface area contributed by atoms with Crippen LogP contribution in [0.1, 0.15) is 30.1 Å². The number of hydrogen-bond acceptors (Lipinski definition) is 5. The van der Waals surface area contributed by atoms with Crippen LogP contribution in [0.15, 0.2) is 41.2 Å². The van der Waals surface area contributed by atoms with Crippen molar-refractivity contribution in [2.24, 2.45) is 0 Å². The molecular weight excluding hydrogens is 270 g/mol. The summed E-state index contributed by atoms with van der Waals surface area (Å²) in [5.41, 5.74) is 0.993. The molecule has 0 atom stereocenters. The highest BCUT2D eigenvalue weighted by Crippen LogP contribution is 2.25. The molecule has 0 unspecified atom stereocenters. The van der Waals surface area contributed by atoms with Crippen molar-refractivity contribution in [1.82, 2.24) is 15.0 Å². The highest BCUT2D eigenvalue weighted by atomic mass is 16.6. The van der Waals surface area contributed by atoms with Crippen molar-refractivity contribution < 1.29 is 14.1 Å². The summed E-state index contributed by atoms with van der Waals surface area (Å²) in [6.07, 6.45) is 2.75. The van der Waals surface area contributed by atoms with E-state index < -0.39 is 0 Å². The van der Waals surface area contributed by atoms with Gasteiger partial charge in [-0.1, -0.05) is 35.5 Å². The molecule has 1 aliphatic rings. The molecule has 6 heteroatoms. The molecule has 6 nitrogen and oxygen atoms in total. The summed E-state index contributed by atoms with van der Waals surface area (Å²) in [6, 6.07) is 9.68. The highest BCUT2D eigenvalue weighted by Gasteiger charge is 2.26. The SMILES string of the molecule is O=C(OCc1ccccc1)N1CCC(c2ncon2)CC1. The number of aromatic nitrogens is 2. The number of carbonyl (C=O) groups excluding carboxylic acids is 1. The molecule has 2 aromatic rings. The largest absolute Gasteiger partial charge is 0.445 e. The third-order valence-corrected chi connectivity index (χ3v) is 3.70. The number of benzene rings is 1. The smallest absolute Gasteiger partial charge is 0.410 e. The molecule has 21 heavy (non-hydrogen) atoms. The zero-order chi connectivity index (χ0) is 14.5. The van der Waals surface area contributed by atoms with Gasteiger partial charge >= 0.3 is 6.09 Å². The number of nitrogens with zero attached hydrogens (tertiary/aromatic N) is 3. The van der Waals surface area contributed by atoms with Crippen molar-refractivity contribution in [3.8, 4) is 0 Å². The zero-order valence-corrected chi connectivity index (χ0v) is 11.6. The Bertz CT molecular complexity index is 563. The van der Waals surface area contributed by atoms with Gasteiger partial charge in [0.15, 0.2) is 5.82 Å². The lowest BCUT2D eigenvalue weighted by Gasteiger charge is -2.29. The Morgan fingerprint density at radius 3 is 2.71 bits per heavy atom. The lowest BCUT2D eigenvalue weighted by atomic mass is 9.96. The minimum absolute atomic E-state index is 0.259. The van der Waals surface area contributed by atoms with Crippen LogP contribution in [-0.4, -0.2) is 34.2 Å². The minimum atomic E-state index is -0.259. The van der Waals surface area contributed by atoms with E-state index in [2.05, 4.69) is 10.1 Å². The average Bonchev–Trinajstić information content (AvgIpc) is 3.08. The lowest BCUT2D eigenvalue weighted by Crippen LogP contribution is -2.38. The molecule has 1 fully saturated rings. The van der Waals surface area contributed by atoms with Crippen LogP contribution < -0.4 is 0 Å². The first kappa shape index (κ1) is 13.6. The molecule has 1 aliphatic heterocycles. The molecule has 1 aromatic heterocycles. The quantitative estimate of drug-likeness (QED) is 0.868. The molecule has 0 spiro atoms. The second-order valence-corrected chi connectivity index (χ2v) is 5.09. The maximum Gasteiger partial charge on any atom is 0.410 e. The van der Waals surface area contributed by atoms with E-state index in [1.807, 2.05) is 30.3 Å². The maximum atomic E-state index is 12.0. The molecule has 1 amide bonds. The standard InChI is InChI=1S/C15H17N3O3/c19-15(20-10-12-4-2-1-3-5-12)18-8-6-13(7-9-18)14-16-11-21-17-14/h1-5,11,13H,6-10H2. The van der Waals surface area contributed by atoms with Gasteiger partial charge in [0.05, 0.1) is 0 Å². The second kappa shape index (κ2) is 6.39. The number of rotatable bonds is 3. The Morgan fingerprint density at radius 2 is 2.05 bits per heavy atom. The summed E-state index contributed by atoms with van der Waals surface area (Å²) in [5, 5.41) is 3.86. The van der Waals surface area contributed by atoms with Crippen LogP contribution in [-0.2, 0) is 11.3 Å². The van der Waals surface area contributed by atoms with Gasteiger partial charge in [-0.15, -0.1) is 0 Å². The third kappa shape index (κ3) is 3.39.